The topological polar surface area (TPSA) is 83.6 Å². The monoisotopic (exact) mass is 335 g/mol. The summed E-state index contributed by atoms with van der Waals surface area (Å²) in [5.41, 5.74) is 4.79. The third kappa shape index (κ3) is 2.77. The fourth-order valence-corrected chi connectivity index (χ4v) is 3.12. The Labute approximate surface area is 141 Å². The number of hydrogen-bond acceptors (Lipinski definition) is 5. The van der Waals surface area contributed by atoms with Crippen LogP contribution in [-0.2, 0) is 6.54 Å². The number of carbonyl (C=O) groups excluding carboxylic acids is 1. The van der Waals surface area contributed by atoms with Crippen LogP contribution in [-0.4, -0.2) is 25.8 Å². The van der Waals surface area contributed by atoms with Gasteiger partial charge in [0.2, 0.25) is 0 Å². The molecule has 0 aliphatic heterocycles. The van der Waals surface area contributed by atoms with Crippen molar-refractivity contribution in [3.63, 3.8) is 0 Å². The molecule has 3 heterocycles. The van der Waals surface area contributed by atoms with E-state index in [-0.39, 0.29) is 5.91 Å². The lowest BCUT2D eigenvalue weighted by Crippen LogP contribution is -2.23. The highest BCUT2D eigenvalue weighted by Gasteiger charge is 2.11. The molecule has 7 heteroatoms. The number of rotatable bonds is 4. The molecule has 1 aromatic carbocycles. The number of amides is 1. The Morgan fingerprint density at radius 3 is 2.96 bits per heavy atom. The number of hydrogen-bond donors (Lipinski definition) is 2. The molecule has 0 aliphatic carbocycles. The van der Waals surface area contributed by atoms with Crippen molar-refractivity contribution in [3.8, 4) is 11.3 Å². The summed E-state index contributed by atoms with van der Waals surface area (Å²) in [6.45, 7) is 0.318. The molecule has 6 nitrogen and oxygen atoms in total. The molecule has 2 N–H and O–H groups in total. The zero-order valence-corrected chi connectivity index (χ0v) is 13.4. The van der Waals surface area contributed by atoms with Gasteiger partial charge < -0.3 is 10.3 Å². The fraction of sp³-hybridized carbons (Fsp3) is 0.0588. The minimum absolute atomic E-state index is 0.159. The second-order valence-electron chi connectivity index (χ2n) is 5.18. The lowest BCUT2D eigenvalue weighted by molar-refractivity contribution is 0.0950. The Hall–Kier alpha value is -3.06. The highest BCUT2D eigenvalue weighted by molar-refractivity contribution is 7.08. The maximum Gasteiger partial charge on any atom is 0.251 e. The van der Waals surface area contributed by atoms with E-state index < -0.39 is 0 Å². The Bertz CT molecular complexity index is 993. The molecule has 3 aromatic heterocycles. The van der Waals surface area contributed by atoms with Crippen LogP contribution < -0.4 is 5.32 Å². The number of aromatic nitrogens is 4. The van der Waals surface area contributed by atoms with Gasteiger partial charge in [-0.2, -0.15) is 11.3 Å². The minimum atomic E-state index is -0.159. The SMILES string of the molecule is O=C(NCc1nccnc1-c1ccsc1)c1ccc2nc[nH]c2c1. The van der Waals surface area contributed by atoms with E-state index in [2.05, 4.69) is 25.3 Å². The molecule has 1 amide bonds. The van der Waals surface area contributed by atoms with Crippen molar-refractivity contribution in [2.75, 3.05) is 0 Å². The van der Waals surface area contributed by atoms with Crippen LogP contribution in [0.2, 0.25) is 0 Å². The lowest BCUT2D eigenvalue weighted by Gasteiger charge is -2.08. The Kier molecular flexibility index (Phi) is 3.76. The lowest BCUT2D eigenvalue weighted by atomic mass is 10.1. The van der Waals surface area contributed by atoms with Crippen molar-refractivity contribution in [1.82, 2.24) is 25.3 Å². The predicted octanol–water partition coefficient (Wildman–Crippen LogP) is 3.01. The number of H-pyrrole nitrogens is 1. The molecule has 4 aromatic rings. The largest absolute Gasteiger partial charge is 0.346 e. The summed E-state index contributed by atoms with van der Waals surface area (Å²) in [5, 5.41) is 6.91. The van der Waals surface area contributed by atoms with Crippen molar-refractivity contribution >= 4 is 28.3 Å². The third-order valence-electron chi connectivity index (χ3n) is 3.67. The van der Waals surface area contributed by atoms with Gasteiger partial charge in [0.05, 0.1) is 35.3 Å². The second-order valence-corrected chi connectivity index (χ2v) is 5.96. The molecule has 118 valence electrons. The van der Waals surface area contributed by atoms with Crippen LogP contribution in [0.1, 0.15) is 16.1 Å². The highest BCUT2D eigenvalue weighted by atomic mass is 32.1. The zero-order valence-electron chi connectivity index (χ0n) is 12.6. The van der Waals surface area contributed by atoms with Gasteiger partial charge in [-0.05, 0) is 29.6 Å². The number of carbonyl (C=O) groups is 1. The fourth-order valence-electron chi connectivity index (χ4n) is 2.48. The summed E-state index contributed by atoms with van der Waals surface area (Å²) in [6, 6.07) is 7.36. The van der Waals surface area contributed by atoms with Crippen LogP contribution >= 0.6 is 11.3 Å². The zero-order chi connectivity index (χ0) is 16.4. The van der Waals surface area contributed by atoms with Crippen LogP contribution in [0, 0.1) is 0 Å². The van der Waals surface area contributed by atoms with Gasteiger partial charge >= 0.3 is 0 Å². The van der Waals surface area contributed by atoms with E-state index in [1.165, 1.54) is 0 Å². The number of imidazole rings is 1. The number of nitrogens with one attached hydrogen (secondary N) is 2. The van der Waals surface area contributed by atoms with Crippen molar-refractivity contribution in [3.05, 3.63) is 65.0 Å². The summed E-state index contributed by atoms with van der Waals surface area (Å²) < 4.78 is 0. The van der Waals surface area contributed by atoms with E-state index in [1.807, 2.05) is 22.9 Å². The molecule has 0 unspecified atom stereocenters. The molecule has 0 aliphatic rings. The van der Waals surface area contributed by atoms with Gasteiger partial charge in [0.15, 0.2) is 0 Å². The van der Waals surface area contributed by atoms with Crippen LogP contribution in [0.5, 0.6) is 0 Å². The number of fused-ring (bicyclic) bond motifs is 1. The van der Waals surface area contributed by atoms with Gasteiger partial charge in [-0.25, -0.2) is 4.98 Å². The standard InChI is InChI=1S/C17H13N5OS/c23-17(11-1-2-13-14(7-11)22-10-21-13)20-8-15-16(19-5-4-18-15)12-3-6-24-9-12/h1-7,9-10H,8H2,(H,20,23)(H,21,22). The quantitative estimate of drug-likeness (QED) is 0.600. The molecule has 0 fully saturated rings. The molecule has 0 bridgehead atoms. The summed E-state index contributed by atoms with van der Waals surface area (Å²) >= 11 is 1.60. The third-order valence-corrected chi connectivity index (χ3v) is 4.35. The number of nitrogens with zero attached hydrogens (tertiary/aromatic N) is 3. The number of benzene rings is 1. The Morgan fingerprint density at radius 1 is 1.17 bits per heavy atom. The normalized spacial score (nSPS) is 10.8. The summed E-state index contributed by atoms with van der Waals surface area (Å²) in [6.07, 6.45) is 4.90. The van der Waals surface area contributed by atoms with Gasteiger partial charge in [0, 0.05) is 28.9 Å². The molecular formula is C17H13N5OS. The van der Waals surface area contributed by atoms with Crippen LogP contribution in [0.15, 0.2) is 53.7 Å². The molecule has 4 rings (SSSR count). The summed E-state index contributed by atoms with van der Waals surface area (Å²) in [7, 11) is 0. The van der Waals surface area contributed by atoms with Crippen LogP contribution in [0.4, 0.5) is 0 Å². The van der Waals surface area contributed by atoms with E-state index in [1.54, 1.807) is 42.2 Å². The summed E-state index contributed by atoms with van der Waals surface area (Å²) in [4.78, 5) is 28.3. The average molecular weight is 335 g/mol. The van der Waals surface area contributed by atoms with Gasteiger partial charge in [0.25, 0.3) is 5.91 Å². The first-order valence-electron chi connectivity index (χ1n) is 7.35. The highest BCUT2D eigenvalue weighted by Crippen LogP contribution is 2.22. The smallest absolute Gasteiger partial charge is 0.251 e. The summed E-state index contributed by atoms with van der Waals surface area (Å²) in [5.74, 6) is -0.159. The maximum atomic E-state index is 12.4. The molecule has 24 heavy (non-hydrogen) atoms. The van der Waals surface area contributed by atoms with Gasteiger partial charge in [0.1, 0.15) is 0 Å². The van der Waals surface area contributed by atoms with Gasteiger partial charge in [-0.15, -0.1) is 0 Å². The molecule has 0 spiro atoms. The average Bonchev–Trinajstić information content (AvgIpc) is 3.30. The van der Waals surface area contributed by atoms with Gasteiger partial charge in [-0.3, -0.25) is 14.8 Å². The van der Waals surface area contributed by atoms with E-state index >= 15 is 0 Å². The van der Waals surface area contributed by atoms with Crippen molar-refractivity contribution in [1.29, 1.82) is 0 Å². The van der Waals surface area contributed by atoms with E-state index in [9.17, 15) is 4.79 Å². The number of thiophene rings is 1. The van der Waals surface area contributed by atoms with Crippen molar-refractivity contribution in [2.45, 2.75) is 6.54 Å². The van der Waals surface area contributed by atoms with Crippen LogP contribution in [0.25, 0.3) is 22.3 Å². The predicted molar refractivity (Wildman–Crippen MR) is 92.6 cm³/mol. The minimum Gasteiger partial charge on any atom is -0.346 e. The van der Waals surface area contributed by atoms with Crippen LogP contribution in [0.3, 0.4) is 0 Å². The Balaban J connectivity index is 1.53. The maximum absolute atomic E-state index is 12.4. The first-order valence-corrected chi connectivity index (χ1v) is 8.29. The van der Waals surface area contributed by atoms with E-state index in [0.29, 0.717) is 12.1 Å². The molecule has 0 radical (unpaired) electrons. The molecule has 0 saturated carbocycles. The van der Waals surface area contributed by atoms with Crippen molar-refractivity contribution in [2.24, 2.45) is 0 Å². The molecule has 0 atom stereocenters. The number of aromatic amines is 1. The van der Waals surface area contributed by atoms with Crippen molar-refractivity contribution < 1.29 is 4.79 Å². The van der Waals surface area contributed by atoms with E-state index in [4.69, 9.17) is 0 Å². The Morgan fingerprint density at radius 2 is 2.08 bits per heavy atom. The molecular weight excluding hydrogens is 322 g/mol. The second kappa shape index (κ2) is 6.21. The van der Waals surface area contributed by atoms with Gasteiger partial charge in [-0.1, -0.05) is 0 Å². The molecule has 0 saturated heterocycles. The van der Waals surface area contributed by atoms with E-state index in [0.717, 1.165) is 28.0 Å². The first kappa shape index (κ1) is 14.5. The first-order chi connectivity index (χ1) is 11.8.